The summed E-state index contributed by atoms with van der Waals surface area (Å²) in [5, 5.41) is 15.3. The normalized spacial score (nSPS) is 14.4. The van der Waals surface area contributed by atoms with Crippen LogP contribution in [-0.2, 0) is 27.8 Å². The summed E-state index contributed by atoms with van der Waals surface area (Å²) in [6, 6.07) is 4.03. The number of aromatic nitrogens is 2. The van der Waals surface area contributed by atoms with E-state index in [9.17, 15) is 23.1 Å². The van der Waals surface area contributed by atoms with Crippen molar-refractivity contribution in [2.75, 3.05) is 6.61 Å². The summed E-state index contributed by atoms with van der Waals surface area (Å²) >= 11 is 0. The van der Waals surface area contributed by atoms with Crippen LogP contribution in [0.5, 0.6) is 11.5 Å². The van der Waals surface area contributed by atoms with Crippen molar-refractivity contribution in [2.45, 2.75) is 58.4 Å². The Morgan fingerprint density at radius 2 is 1.89 bits per heavy atom. The zero-order valence-electron chi connectivity index (χ0n) is 20.2. The number of carbonyl (C=O) groups excluding carboxylic acids is 1. The SMILES string of the molecule is CC(C)CCc1nn(CCC(C)C)c(=O)c(C2=Nc3ccc(OCC(N)=O)cc3S(=O)(=O)N2)c1O. The molecule has 4 N–H and O–H groups in total. The van der Waals surface area contributed by atoms with Gasteiger partial charge in [0.25, 0.3) is 21.5 Å². The number of nitrogens with two attached hydrogens (primary N) is 1. The number of carbonyl (C=O) groups is 1. The molecule has 1 aliphatic heterocycles. The molecule has 1 aromatic carbocycles. The third-order valence-corrected chi connectivity index (χ3v) is 6.75. The molecule has 0 bridgehead atoms. The summed E-state index contributed by atoms with van der Waals surface area (Å²) in [4.78, 5) is 28.4. The van der Waals surface area contributed by atoms with Crippen LogP contribution in [0, 0.1) is 11.8 Å². The number of ether oxygens (including phenoxy) is 1. The molecule has 0 atom stereocenters. The number of amides is 1. The standard InChI is InChI=1S/C23H31N5O6S/c1-13(2)5-7-17-21(30)20(23(31)28(26-17)10-9-14(3)4)22-25-16-8-6-15(34-12-19(24)29)11-18(16)35(32,33)27-22/h6,8,11,13-14,30H,5,7,9-10,12H2,1-4H3,(H2,24,29)(H,25,27). The second-order valence-corrected chi connectivity index (χ2v) is 10.9. The highest BCUT2D eigenvalue weighted by molar-refractivity contribution is 7.90. The molecule has 2 heterocycles. The van der Waals surface area contributed by atoms with Gasteiger partial charge in [-0.05, 0) is 43.2 Å². The fourth-order valence-corrected chi connectivity index (χ4v) is 4.60. The van der Waals surface area contributed by atoms with Gasteiger partial charge < -0.3 is 15.6 Å². The van der Waals surface area contributed by atoms with Crippen molar-refractivity contribution in [3.05, 3.63) is 39.8 Å². The lowest BCUT2D eigenvalue weighted by atomic mass is 10.0. The summed E-state index contributed by atoms with van der Waals surface area (Å²) in [6.45, 7) is 8.00. The monoisotopic (exact) mass is 505 g/mol. The largest absolute Gasteiger partial charge is 0.505 e. The van der Waals surface area contributed by atoms with Gasteiger partial charge in [0.1, 0.15) is 21.9 Å². The number of nitrogens with one attached hydrogen (secondary N) is 1. The minimum atomic E-state index is -4.17. The molecule has 35 heavy (non-hydrogen) atoms. The van der Waals surface area contributed by atoms with Crippen molar-refractivity contribution in [3.8, 4) is 11.5 Å². The summed E-state index contributed by atoms with van der Waals surface area (Å²) in [7, 11) is -4.17. The molecular weight excluding hydrogens is 474 g/mol. The van der Waals surface area contributed by atoms with Gasteiger partial charge in [-0.25, -0.2) is 18.1 Å². The number of amidine groups is 1. The Bertz CT molecular complexity index is 1310. The average molecular weight is 506 g/mol. The maximum atomic E-state index is 13.3. The van der Waals surface area contributed by atoms with Crippen LogP contribution in [0.1, 0.15) is 51.8 Å². The minimum absolute atomic E-state index is 0.0539. The lowest BCUT2D eigenvalue weighted by molar-refractivity contribution is -0.119. The molecule has 0 aliphatic carbocycles. The van der Waals surface area contributed by atoms with E-state index in [0.717, 1.165) is 6.42 Å². The highest BCUT2D eigenvalue weighted by atomic mass is 32.2. The second kappa shape index (κ2) is 10.5. The summed E-state index contributed by atoms with van der Waals surface area (Å²) in [5.41, 5.74) is 4.54. The zero-order chi connectivity index (χ0) is 25.9. The first kappa shape index (κ1) is 26.2. The lowest BCUT2D eigenvalue weighted by Gasteiger charge is -2.20. The molecule has 3 rings (SSSR count). The number of hydrogen-bond acceptors (Lipinski definition) is 8. The molecule has 0 saturated carbocycles. The van der Waals surface area contributed by atoms with Gasteiger partial charge in [-0.15, -0.1) is 0 Å². The van der Waals surface area contributed by atoms with E-state index in [2.05, 4.69) is 14.8 Å². The van der Waals surface area contributed by atoms with Crippen LogP contribution in [0.2, 0.25) is 0 Å². The maximum absolute atomic E-state index is 13.3. The lowest BCUT2D eigenvalue weighted by Crippen LogP contribution is -2.40. The molecule has 0 saturated heterocycles. The van der Waals surface area contributed by atoms with Crippen LogP contribution < -0.4 is 20.8 Å². The Hall–Kier alpha value is -3.41. The number of hydrogen-bond donors (Lipinski definition) is 3. The minimum Gasteiger partial charge on any atom is -0.505 e. The predicted molar refractivity (Wildman–Crippen MR) is 130 cm³/mol. The van der Waals surface area contributed by atoms with Crippen LogP contribution in [0.15, 0.2) is 32.9 Å². The Morgan fingerprint density at radius 3 is 2.51 bits per heavy atom. The fraction of sp³-hybridized carbons (Fsp3) is 0.478. The van der Waals surface area contributed by atoms with E-state index in [4.69, 9.17) is 10.5 Å². The van der Waals surface area contributed by atoms with E-state index in [-0.39, 0.29) is 33.5 Å². The summed E-state index contributed by atoms with van der Waals surface area (Å²) < 4.78 is 34.8. The molecule has 1 aliphatic rings. The molecule has 2 aromatic rings. The number of aryl methyl sites for hydroxylation is 2. The molecule has 0 unspecified atom stereocenters. The van der Waals surface area contributed by atoms with Gasteiger partial charge in [0.05, 0.1) is 5.69 Å². The highest BCUT2D eigenvalue weighted by Gasteiger charge is 2.31. The molecule has 0 radical (unpaired) electrons. The second-order valence-electron chi connectivity index (χ2n) is 9.26. The third-order valence-electron chi connectivity index (χ3n) is 5.38. The maximum Gasteiger partial charge on any atom is 0.281 e. The number of sulfonamides is 1. The first-order valence-electron chi connectivity index (χ1n) is 11.4. The van der Waals surface area contributed by atoms with E-state index in [0.29, 0.717) is 36.9 Å². The van der Waals surface area contributed by atoms with E-state index in [1.807, 2.05) is 27.7 Å². The highest BCUT2D eigenvalue weighted by Crippen LogP contribution is 2.33. The Balaban J connectivity index is 2.12. The molecule has 190 valence electrons. The van der Waals surface area contributed by atoms with Gasteiger partial charge in [0.15, 0.2) is 18.2 Å². The fourth-order valence-electron chi connectivity index (χ4n) is 3.43. The van der Waals surface area contributed by atoms with Gasteiger partial charge in [0.2, 0.25) is 0 Å². The number of primary amides is 1. The molecule has 0 fully saturated rings. The van der Waals surface area contributed by atoms with Gasteiger partial charge >= 0.3 is 0 Å². The average Bonchev–Trinajstić information content (AvgIpc) is 2.76. The quantitative estimate of drug-likeness (QED) is 0.443. The number of aromatic hydroxyl groups is 1. The number of nitrogens with zero attached hydrogens (tertiary/aromatic N) is 3. The Labute approximate surface area is 204 Å². The number of benzene rings is 1. The van der Waals surface area contributed by atoms with Crippen LogP contribution in [-0.4, -0.2) is 41.7 Å². The Morgan fingerprint density at radius 1 is 1.20 bits per heavy atom. The van der Waals surface area contributed by atoms with Crippen molar-refractivity contribution in [1.29, 1.82) is 0 Å². The predicted octanol–water partition coefficient (Wildman–Crippen LogP) is 1.82. The first-order chi connectivity index (χ1) is 16.4. The topological polar surface area (TPSA) is 166 Å². The molecule has 1 amide bonds. The van der Waals surface area contributed by atoms with Crippen LogP contribution >= 0.6 is 0 Å². The third kappa shape index (κ3) is 6.18. The van der Waals surface area contributed by atoms with Crippen molar-refractivity contribution in [2.24, 2.45) is 22.6 Å². The van der Waals surface area contributed by atoms with Gasteiger partial charge in [-0.2, -0.15) is 5.10 Å². The zero-order valence-corrected chi connectivity index (χ0v) is 21.1. The van der Waals surface area contributed by atoms with E-state index < -0.39 is 28.1 Å². The number of aliphatic imine (C=N–C) groups is 1. The van der Waals surface area contributed by atoms with Gasteiger partial charge in [0, 0.05) is 12.6 Å². The summed E-state index contributed by atoms with van der Waals surface area (Å²) in [6.07, 6.45) is 1.81. The Kier molecular flexibility index (Phi) is 7.83. The molecule has 11 nitrogen and oxygen atoms in total. The first-order valence-corrected chi connectivity index (χ1v) is 12.9. The number of rotatable bonds is 10. The van der Waals surface area contributed by atoms with Crippen LogP contribution in [0.4, 0.5) is 5.69 Å². The van der Waals surface area contributed by atoms with Crippen molar-refractivity contribution >= 4 is 27.5 Å². The van der Waals surface area contributed by atoms with Gasteiger partial charge in [-0.3, -0.25) is 14.3 Å². The molecular formula is C23H31N5O6S. The molecule has 12 heteroatoms. The van der Waals surface area contributed by atoms with E-state index >= 15 is 0 Å². The van der Waals surface area contributed by atoms with Crippen LogP contribution in [0.3, 0.4) is 0 Å². The van der Waals surface area contributed by atoms with Crippen molar-refractivity contribution < 1.29 is 23.1 Å². The van der Waals surface area contributed by atoms with Crippen molar-refractivity contribution in [1.82, 2.24) is 14.5 Å². The van der Waals surface area contributed by atoms with Crippen molar-refractivity contribution in [3.63, 3.8) is 0 Å². The number of fused-ring (bicyclic) bond motifs is 1. The van der Waals surface area contributed by atoms with Gasteiger partial charge in [-0.1, -0.05) is 27.7 Å². The molecule has 1 aromatic heterocycles. The molecule has 0 spiro atoms. The summed E-state index contributed by atoms with van der Waals surface area (Å²) in [5.74, 6) is -0.618. The van der Waals surface area contributed by atoms with E-state index in [1.54, 1.807) is 0 Å². The van der Waals surface area contributed by atoms with E-state index in [1.165, 1.54) is 22.9 Å². The van der Waals surface area contributed by atoms with Crippen LogP contribution in [0.25, 0.3) is 0 Å². The smallest absolute Gasteiger partial charge is 0.281 e.